The fourth-order valence-corrected chi connectivity index (χ4v) is 2.24. The van der Waals surface area contributed by atoms with E-state index < -0.39 is 5.92 Å². The van der Waals surface area contributed by atoms with Crippen molar-refractivity contribution >= 4 is 11.6 Å². The molecule has 1 unspecified atom stereocenters. The van der Waals surface area contributed by atoms with E-state index in [0.29, 0.717) is 6.42 Å². The van der Waals surface area contributed by atoms with Gasteiger partial charge in [0.1, 0.15) is 11.7 Å². The van der Waals surface area contributed by atoms with Crippen molar-refractivity contribution in [2.75, 3.05) is 18.6 Å². The van der Waals surface area contributed by atoms with Crippen LogP contribution in [0, 0.1) is 17.2 Å². The van der Waals surface area contributed by atoms with Crippen LogP contribution in [0.3, 0.4) is 0 Å². The maximum absolute atomic E-state index is 12.1. The van der Waals surface area contributed by atoms with Crippen LogP contribution in [0.4, 0.5) is 5.69 Å². The molecule has 1 aliphatic rings. The number of rotatable bonds is 3. The average molecular weight is 258 g/mol. The molecule has 0 radical (unpaired) electrons. The van der Waals surface area contributed by atoms with E-state index in [0.717, 1.165) is 36.4 Å². The number of anilines is 1. The van der Waals surface area contributed by atoms with Crippen molar-refractivity contribution in [2.24, 2.45) is 5.92 Å². The number of hydrogen-bond donors (Lipinski definition) is 0. The van der Waals surface area contributed by atoms with E-state index in [1.807, 2.05) is 31.2 Å². The van der Waals surface area contributed by atoms with Crippen molar-refractivity contribution < 1.29 is 9.53 Å². The molecule has 0 N–H and O–H groups in total. The summed E-state index contributed by atoms with van der Waals surface area (Å²) in [5, 5.41) is 8.97. The average Bonchev–Trinajstić information content (AvgIpc) is 2.47. The maximum Gasteiger partial charge on any atom is 0.244 e. The summed E-state index contributed by atoms with van der Waals surface area (Å²) in [5.41, 5.74) is 1.95. The zero-order valence-corrected chi connectivity index (χ0v) is 11.3. The molecule has 1 amide bonds. The summed E-state index contributed by atoms with van der Waals surface area (Å²) < 4.78 is 5.55. The molecule has 1 atom stereocenters. The molecule has 4 heteroatoms. The lowest BCUT2D eigenvalue weighted by atomic mass is 10.0. The summed E-state index contributed by atoms with van der Waals surface area (Å²) in [4.78, 5) is 13.7. The Labute approximate surface area is 113 Å². The number of carbonyl (C=O) groups is 1. The van der Waals surface area contributed by atoms with Crippen LogP contribution in [0.15, 0.2) is 18.2 Å². The number of amides is 1. The van der Waals surface area contributed by atoms with Gasteiger partial charge in [0, 0.05) is 12.7 Å². The van der Waals surface area contributed by atoms with Crippen molar-refractivity contribution in [1.82, 2.24) is 0 Å². The van der Waals surface area contributed by atoms with Gasteiger partial charge >= 0.3 is 0 Å². The van der Waals surface area contributed by atoms with E-state index in [2.05, 4.69) is 0 Å². The van der Waals surface area contributed by atoms with Gasteiger partial charge in [0.2, 0.25) is 5.91 Å². The van der Waals surface area contributed by atoms with Crippen molar-refractivity contribution in [2.45, 2.75) is 26.2 Å². The van der Waals surface area contributed by atoms with Crippen LogP contribution in [0.1, 0.15) is 25.3 Å². The number of ether oxygens (including phenoxy) is 1. The van der Waals surface area contributed by atoms with Gasteiger partial charge in [-0.1, -0.05) is 6.92 Å². The van der Waals surface area contributed by atoms with Crippen molar-refractivity contribution in [3.8, 4) is 11.8 Å². The second-order valence-corrected chi connectivity index (χ2v) is 4.73. The first-order valence-corrected chi connectivity index (χ1v) is 6.60. The van der Waals surface area contributed by atoms with Gasteiger partial charge < -0.3 is 9.64 Å². The van der Waals surface area contributed by atoms with E-state index in [4.69, 9.17) is 10.00 Å². The molecule has 1 aliphatic heterocycles. The highest BCUT2D eigenvalue weighted by molar-refractivity contribution is 5.96. The molecule has 0 aromatic heterocycles. The summed E-state index contributed by atoms with van der Waals surface area (Å²) in [6, 6.07) is 7.80. The third-order valence-corrected chi connectivity index (χ3v) is 3.47. The van der Waals surface area contributed by atoms with Gasteiger partial charge in [-0.3, -0.25) is 4.79 Å². The van der Waals surface area contributed by atoms with Crippen molar-refractivity contribution in [1.29, 1.82) is 5.26 Å². The molecule has 1 heterocycles. The second-order valence-electron chi connectivity index (χ2n) is 4.73. The zero-order chi connectivity index (χ0) is 13.8. The predicted molar refractivity (Wildman–Crippen MR) is 73.1 cm³/mol. The van der Waals surface area contributed by atoms with Gasteiger partial charge in [-0.25, -0.2) is 0 Å². The van der Waals surface area contributed by atoms with E-state index in [1.54, 1.807) is 11.9 Å². The van der Waals surface area contributed by atoms with Gasteiger partial charge in [-0.2, -0.15) is 5.26 Å². The molecule has 0 aliphatic carbocycles. The Morgan fingerprint density at radius 3 is 3.05 bits per heavy atom. The molecule has 2 rings (SSSR count). The molecule has 100 valence electrons. The highest BCUT2D eigenvalue weighted by Gasteiger charge is 2.22. The highest BCUT2D eigenvalue weighted by atomic mass is 16.5. The Morgan fingerprint density at radius 2 is 2.37 bits per heavy atom. The largest absolute Gasteiger partial charge is 0.493 e. The highest BCUT2D eigenvalue weighted by Crippen LogP contribution is 2.29. The normalized spacial score (nSPS) is 14.8. The van der Waals surface area contributed by atoms with Crippen LogP contribution in [0.25, 0.3) is 0 Å². The molecule has 0 saturated heterocycles. The van der Waals surface area contributed by atoms with Crippen LogP contribution in [-0.2, 0) is 11.2 Å². The molecule has 0 spiro atoms. The van der Waals surface area contributed by atoms with E-state index in [9.17, 15) is 4.79 Å². The summed E-state index contributed by atoms with van der Waals surface area (Å²) in [6.45, 7) is 2.60. The second kappa shape index (κ2) is 5.75. The van der Waals surface area contributed by atoms with Gasteiger partial charge in [0.15, 0.2) is 0 Å². The molecule has 0 saturated carbocycles. The quantitative estimate of drug-likeness (QED) is 0.837. The Kier molecular flexibility index (Phi) is 4.06. The topological polar surface area (TPSA) is 53.3 Å². The number of nitrogens with zero attached hydrogens (tertiary/aromatic N) is 2. The van der Waals surface area contributed by atoms with Crippen molar-refractivity contribution in [3.63, 3.8) is 0 Å². The molecule has 1 aromatic carbocycles. The summed E-state index contributed by atoms with van der Waals surface area (Å²) in [6.07, 6.45) is 2.51. The summed E-state index contributed by atoms with van der Waals surface area (Å²) in [7, 11) is 1.72. The minimum absolute atomic E-state index is 0.151. The Balaban J connectivity index is 2.22. The molecule has 1 aromatic rings. The van der Waals surface area contributed by atoms with Crippen LogP contribution < -0.4 is 9.64 Å². The minimum atomic E-state index is -0.572. The lowest BCUT2D eigenvalue weighted by Crippen LogP contribution is -2.32. The fraction of sp³-hybridized carbons (Fsp3) is 0.467. The van der Waals surface area contributed by atoms with Crippen molar-refractivity contribution in [3.05, 3.63) is 23.8 Å². The predicted octanol–water partition coefficient (Wildman–Crippen LogP) is 2.52. The fourth-order valence-electron chi connectivity index (χ4n) is 2.24. The van der Waals surface area contributed by atoms with Crippen LogP contribution >= 0.6 is 0 Å². The minimum Gasteiger partial charge on any atom is -0.493 e. The first kappa shape index (κ1) is 13.4. The number of carbonyl (C=O) groups excluding carboxylic acids is 1. The van der Waals surface area contributed by atoms with Crippen LogP contribution in [0.5, 0.6) is 5.75 Å². The van der Waals surface area contributed by atoms with Gasteiger partial charge in [-0.05, 0) is 43.0 Å². The van der Waals surface area contributed by atoms with Gasteiger partial charge in [-0.15, -0.1) is 0 Å². The monoisotopic (exact) mass is 258 g/mol. The standard InChI is InChI=1S/C15H18N2O2/c1-3-11(10-16)15(18)17(2)13-6-7-14-12(9-13)5-4-8-19-14/h6-7,9,11H,3-5,8H2,1-2H3. The number of nitriles is 1. The first-order valence-electron chi connectivity index (χ1n) is 6.60. The van der Waals surface area contributed by atoms with Crippen LogP contribution in [0.2, 0.25) is 0 Å². The van der Waals surface area contributed by atoms with E-state index in [1.165, 1.54) is 0 Å². The Bertz CT molecular complexity index is 519. The third-order valence-electron chi connectivity index (χ3n) is 3.47. The lowest BCUT2D eigenvalue weighted by molar-refractivity contribution is -0.120. The molecule has 19 heavy (non-hydrogen) atoms. The first-order chi connectivity index (χ1) is 9.17. The Hall–Kier alpha value is -2.02. The maximum atomic E-state index is 12.1. The molecular formula is C15H18N2O2. The zero-order valence-electron chi connectivity index (χ0n) is 11.3. The van der Waals surface area contributed by atoms with Crippen LogP contribution in [-0.4, -0.2) is 19.6 Å². The molecule has 0 fully saturated rings. The molecular weight excluding hydrogens is 240 g/mol. The third kappa shape index (κ3) is 2.70. The van der Waals surface area contributed by atoms with Gasteiger partial charge in [0.25, 0.3) is 0 Å². The number of hydrogen-bond acceptors (Lipinski definition) is 3. The Morgan fingerprint density at radius 1 is 1.58 bits per heavy atom. The number of fused-ring (bicyclic) bond motifs is 1. The lowest BCUT2D eigenvalue weighted by Gasteiger charge is -2.23. The number of benzene rings is 1. The molecule has 0 bridgehead atoms. The summed E-state index contributed by atoms with van der Waals surface area (Å²) >= 11 is 0. The molecule has 4 nitrogen and oxygen atoms in total. The van der Waals surface area contributed by atoms with E-state index >= 15 is 0 Å². The van der Waals surface area contributed by atoms with E-state index in [-0.39, 0.29) is 5.91 Å². The number of aryl methyl sites for hydroxylation is 1. The smallest absolute Gasteiger partial charge is 0.244 e. The summed E-state index contributed by atoms with van der Waals surface area (Å²) in [5.74, 6) is 0.183. The van der Waals surface area contributed by atoms with Gasteiger partial charge in [0.05, 0.1) is 12.7 Å². The SMILES string of the molecule is CCC(C#N)C(=O)N(C)c1ccc2c(c1)CCCO2.